The van der Waals surface area contributed by atoms with Crippen LogP contribution in [0.2, 0.25) is 0 Å². The molecule has 0 spiro atoms. The maximum atomic E-state index is 12.9. The number of anilines is 2. The lowest BCUT2D eigenvalue weighted by Crippen LogP contribution is -2.24. The number of nitrogens with one attached hydrogen (secondary N) is 2. The molecule has 3 aromatic rings. The predicted octanol–water partition coefficient (Wildman–Crippen LogP) is 3.74. The fraction of sp³-hybridized carbons (Fsp3) is 0.200. The minimum Gasteiger partial charge on any atom is -0.326 e. The van der Waals surface area contributed by atoms with Gasteiger partial charge in [-0.3, -0.25) is 9.59 Å². The number of hydrogen-bond acceptors (Lipinski definition) is 5. The van der Waals surface area contributed by atoms with Crippen LogP contribution in [-0.4, -0.2) is 32.3 Å². The molecule has 0 aliphatic heterocycles. The van der Waals surface area contributed by atoms with Crippen molar-refractivity contribution in [2.75, 3.05) is 16.4 Å². The van der Waals surface area contributed by atoms with Crippen molar-refractivity contribution in [2.45, 2.75) is 24.3 Å². The van der Waals surface area contributed by atoms with Crippen molar-refractivity contribution in [2.24, 2.45) is 0 Å². The molecule has 0 radical (unpaired) electrons. The number of thioether (sulfide) groups is 1. The largest absolute Gasteiger partial charge is 0.326 e. The van der Waals surface area contributed by atoms with E-state index >= 15 is 0 Å². The summed E-state index contributed by atoms with van der Waals surface area (Å²) in [4.78, 5) is 29.1. The Bertz CT molecular complexity index is 946. The van der Waals surface area contributed by atoms with Gasteiger partial charge in [0.15, 0.2) is 0 Å². The van der Waals surface area contributed by atoms with E-state index in [4.69, 9.17) is 0 Å². The zero-order chi connectivity index (χ0) is 20.6. The maximum absolute atomic E-state index is 12.9. The molecule has 2 amide bonds. The van der Waals surface area contributed by atoms with Crippen LogP contribution in [0.25, 0.3) is 0 Å². The second-order valence-corrected chi connectivity index (χ2v) is 7.39. The number of aromatic nitrogens is 3. The lowest BCUT2D eigenvalue weighted by atomic mass is 10.2. The average molecular weight is 413 g/mol. The molecule has 0 aliphatic carbocycles. The Morgan fingerprint density at radius 1 is 1.07 bits per heavy atom. The fourth-order valence-corrected chi connectivity index (χ4v) is 3.29. The van der Waals surface area contributed by atoms with Crippen molar-refractivity contribution in [1.82, 2.24) is 14.8 Å². The monoisotopic (exact) mass is 413 g/mol. The Morgan fingerprint density at radius 3 is 2.34 bits per heavy atom. The molecule has 1 unspecified atom stereocenters. The molecular weight excluding hydrogens is 393 g/mol. The Hall–Kier alpha value is -3.20. The summed E-state index contributed by atoms with van der Waals surface area (Å²) in [5, 5.41) is 9.56. The van der Waals surface area contributed by atoms with E-state index in [9.17, 15) is 14.0 Å². The van der Waals surface area contributed by atoms with Gasteiger partial charge in [-0.05, 0) is 55.5 Å². The number of rotatable bonds is 8. The molecule has 3 rings (SSSR count). The van der Waals surface area contributed by atoms with Gasteiger partial charge in [0.2, 0.25) is 11.8 Å². The third-order valence-corrected chi connectivity index (χ3v) is 5.07. The van der Waals surface area contributed by atoms with Crippen molar-refractivity contribution in [3.63, 3.8) is 0 Å². The minimum absolute atomic E-state index is 0.115. The van der Waals surface area contributed by atoms with Gasteiger partial charge in [-0.1, -0.05) is 0 Å². The number of nitrogens with zero attached hydrogens (tertiary/aromatic N) is 3. The molecule has 0 aliphatic rings. The highest BCUT2D eigenvalue weighted by atomic mass is 32.2. The van der Waals surface area contributed by atoms with Gasteiger partial charge in [0.1, 0.15) is 24.5 Å². The summed E-state index contributed by atoms with van der Waals surface area (Å²) < 4.78 is 14.3. The van der Waals surface area contributed by atoms with Crippen LogP contribution in [0.5, 0.6) is 0 Å². The molecule has 0 fully saturated rings. The Morgan fingerprint density at radius 2 is 1.72 bits per heavy atom. The van der Waals surface area contributed by atoms with E-state index in [-0.39, 0.29) is 17.6 Å². The molecule has 29 heavy (non-hydrogen) atoms. The number of hydrogen-bond donors (Lipinski definition) is 2. The van der Waals surface area contributed by atoms with E-state index in [1.54, 1.807) is 43.3 Å². The summed E-state index contributed by atoms with van der Waals surface area (Å²) in [5.74, 6) is -0.0212. The number of halogens is 1. The second kappa shape index (κ2) is 9.83. The first-order valence-electron chi connectivity index (χ1n) is 8.94. The second-order valence-electron chi connectivity index (χ2n) is 6.22. The standard InChI is InChI=1S/C20H20FN5O2S/c1-14(26-13-22-12-23-26)20(28)25-17-6-4-16(5-7-17)24-19(27)10-11-29-18-8-2-15(21)3-9-18/h2-9,12-14H,10-11H2,1H3,(H,24,27)(H,25,28). The molecule has 0 saturated heterocycles. The first-order chi connectivity index (χ1) is 14.0. The highest BCUT2D eigenvalue weighted by Crippen LogP contribution is 2.20. The average Bonchev–Trinajstić information content (AvgIpc) is 3.25. The molecule has 2 aromatic carbocycles. The van der Waals surface area contributed by atoms with Gasteiger partial charge in [0.25, 0.3) is 0 Å². The molecule has 7 nitrogen and oxygen atoms in total. The number of carbonyl (C=O) groups is 2. The van der Waals surface area contributed by atoms with Crippen molar-refractivity contribution >= 4 is 35.0 Å². The zero-order valence-corrected chi connectivity index (χ0v) is 16.5. The topological polar surface area (TPSA) is 88.9 Å². The molecule has 0 saturated carbocycles. The van der Waals surface area contributed by atoms with Crippen LogP contribution in [0.3, 0.4) is 0 Å². The SMILES string of the molecule is CC(C(=O)Nc1ccc(NC(=O)CCSc2ccc(F)cc2)cc1)n1cncn1. The first kappa shape index (κ1) is 20.5. The van der Waals surface area contributed by atoms with Crippen molar-refractivity contribution in [3.8, 4) is 0 Å². The predicted molar refractivity (Wildman–Crippen MR) is 110 cm³/mol. The maximum Gasteiger partial charge on any atom is 0.249 e. The third-order valence-electron chi connectivity index (χ3n) is 4.06. The first-order valence-corrected chi connectivity index (χ1v) is 9.93. The number of benzene rings is 2. The van der Waals surface area contributed by atoms with Crippen molar-refractivity contribution < 1.29 is 14.0 Å². The molecule has 0 bridgehead atoms. The summed E-state index contributed by atoms with van der Waals surface area (Å²) in [6.07, 6.45) is 3.19. The lowest BCUT2D eigenvalue weighted by Gasteiger charge is -2.12. The summed E-state index contributed by atoms with van der Waals surface area (Å²) in [6.45, 7) is 1.72. The zero-order valence-electron chi connectivity index (χ0n) is 15.7. The van der Waals surface area contributed by atoms with Gasteiger partial charge in [-0.25, -0.2) is 14.1 Å². The van der Waals surface area contributed by atoms with Gasteiger partial charge >= 0.3 is 0 Å². The minimum atomic E-state index is -0.490. The lowest BCUT2D eigenvalue weighted by molar-refractivity contribution is -0.119. The summed E-state index contributed by atoms with van der Waals surface area (Å²) in [5.41, 5.74) is 1.26. The van der Waals surface area contributed by atoms with E-state index in [0.717, 1.165) is 4.90 Å². The van der Waals surface area contributed by atoms with E-state index in [1.807, 2.05) is 0 Å². The van der Waals surface area contributed by atoms with E-state index in [2.05, 4.69) is 20.7 Å². The number of carbonyl (C=O) groups excluding carboxylic acids is 2. The molecule has 1 atom stereocenters. The van der Waals surface area contributed by atoms with Gasteiger partial charge in [0, 0.05) is 28.4 Å². The van der Waals surface area contributed by atoms with Crippen LogP contribution in [0.4, 0.5) is 15.8 Å². The Balaban J connectivity index is 1.44. The van der Waals surface area contributed by atoms with Crippen molar-refractivity contribution in [1.29, 1.82) is 0 Å². The molecular formula is C20H20FN5O2S. The van der Waals surface area contributed by atoms with Gasteiger partial charge in [-0.15, -0.1) is 11.8 Å². The summed E-state index contributed by atoms with van der Waals surface area (Å²) in [7, 11) is 0. The highest BCUT2D eigenvalue weighted by Gasteiger charge is 2.15. The highest BCUT2D eigenvalue weighted by molar-refractivity contribution is 7.99. The van der Waals surface area contributed by atoms with Crippen LogP contribution in [0.1, 0.15) is 19.4 Å². The van der Waals surface area contributed by atoms with Gasteiger partial charge in [-0.2, -0.15) is 5.10 Å². The van der Waals surface area contributed by atoms with Gasteiger partial charge in [0.05, 0.1) is 0 Å². The van der Waals surface area contributed by atoms with Crippen LogP contribution in [0.15, 0.2) is 66.1 Å². The molecule has 1 aromatic heterocycles. The summed E-state index contributed by atoms with van der Waals surface area (Å²) >= 11 is 1.49. The summed E-state index contributed by atoms with van der Waals surface area (Å²) in [6, 6.07) is 12.6. The Labute approximate surface area is 171 Å². The van der Waals surface area contributed by atoms with E-state index in [1.165, 1.54) is 41.2 Å². The molecule has 1 heterocycles. The Kier molecular flexibility index (Phi) is 6.96. The fourth-order valence-electron chi connectivity index (χ4n) is 2.44. The normalized spacial score (nSPS) is 11.7. The number of amides is 2. The van der Waals surface area contributed by atoms with Crippen LogP contribution in [-0.2, 0) is 9.59 Å². The molecule has 9 heteroatoms. The molecule has 2 N–H and O–H groups in total. The smallest absolute Gasteiger partial charge is 0.249 e. The van der Waals surface area contributed by atoms with Crippen molar-refractivity contribution in [3.05, 3.63) is 67.0 Å². The van der Waals surface area contributed by atoms with Crippen LogP contribution < -0.4 is 10.6 Å². The molecule has 150 valence electrons. The third kappa shape index (κ3) is 6.15. The van der Waals surface area contributed by atoms with Gasteiger partial charge < -0.3 is 10.6 Å². The van der Waals surface area contributed by atoms with E-state index in [0.29, 0.717) is 23.5 Å². The van der Waals surface area contributed by atoms with Crippen LogP contribution >= 0.6 is 11.8 Å². The van der Waals surface area contributed by atoms with Crippen LogP contribution in [0, 0.1) is 5.82 Å². The quantitative estimate of drug-likeness (QED) is 0.549. The van der Waals surface area contributed by atoms with E-state index < -0.39 is 6.04 Å².